The van der Waals surface area contributed by atoms with Crippen molar-refractivity contribution >= 4 is 44.3 Å². The summed E-state index contributed by atoms with van der Waals surface area (Å²) in [6.07, 6.45) is 1.65. The Balaban J connectivity index is 1.80. The van der Waals surface area contributed by atoms with E-state index in [0.29, 0.717) is 15.1 Å². The Hall–Kier alpha value is -3.25. The van der Waals surface area contributed by atoms with Gasteiger partial charge in [-0.25, -0.2) is 9.38 Å². The second-order valence-electron chi connectivity index (χ2n) is 6.66. The summed E-state index contributed by atoms with van der Waals surface area (Å²) in [5.41, 5.74) is 4.78. The minimum atomic E-state index is -0.213. The normalized spacial score (nSPS) is 12.6. The Morgan fingerprint density at radius 2 is 1.93 bits per heavy atom. The highest BCUT2D eigenvalue weighted by molar-refractivity contribution is 7.15. The maximum Gasteiger partial charge on any atom is 0.274 e. The van der Waals surface area contributed by atoms with Crippen molar-refractivity contribution in [2.24, 2.45) is 0 Å². The summed E-state index contributed by atoms with van der Waals surface area (Å²) in [5.74, 6) is 0. The van der Waals surface area contributed by atoms with Gasteiger partial charge < -0.3 is 4.98 Å². The predicted molar refractivity (Wildman–Crippen MR) is 110 cm³/mol. The van der Waals surface area contributed by atoms with Crippen molar-refractivity contribution in [3.63, 3.8) is 0 Å². The monoisotopic (exact) mass is 373 g/mol. The van der Waals surface area contributed by atoms with Gasteiger partial charge in [0.15, 0.2) is 4.96 Å². The third-order valence-electron chi connectivity index (χ3n) is 5.00. The lowest BCUT2D eigenvalue weighted by atomic mass is 10.1. The van der Waals surface area contributed by atoms with Crippen LogP contribution in [0.5, 0.6) is 0 Å². The van der Waals surface area contributed by atoms with Crippen LogP contribution in [-0.2, 0) is 0 Å². The quantitative estimate of drug-likeness (QED) is 0.491. The molecule has 0 radical (unpaired) electrons. The Bertz CT molecular complexity index is 1540. The number of aryl methyl sites for hydroxylation is 2. The van der Waals surface area contributed by atoms with Crippen molar-refractivity contribution in [2.75, 3.05) is 0 Å². The number of fused-ring (bicyclic) bond motifs is 4. The molecule has 0 aliphatic heterocycles. The van der Waals surface area contributed by atoms with Crippen LogP contribution in [0.3, 0.4) is 0 Å². The third-order valence-corrected chi connectivity index (χ3v) is 5.97. The fraction of sp³-hybridized carbons (Fsp3) is 0.0952. The summed E-state index contributed by atoms with van der Waals surface area (Å²) in [5, 5.41) is 0.925. The van der Waals surface area contributed by atoms with E-state index in [1.165, 1.54) is 11.3 Å². The highest BCUT2D eigenvalue weighted by Crippen LogP contribution is 2.22. The summed E-state index contributed by atoms with van der Waals surface area (Å²) >= 11 is 1.30. The number of H-pyrrole nitrogens is 1. The number of nitrogens with one attached hydrogen (secondary N) is 1. The van der Waals surface area contributed by atoms with Crippen molar-refractivity contribution in [1.82, 2.24) is 14.4 Å². The zero-order valence-electron chi connectivity index (χ0n) is 14.7. The summed E-state index contributed by atoms with van der Waals surface area (Å²) in [4.78, 5) is 33.5. The van der Waals surface area contributed by atoms with E-state index in [2.05, 4.69) is 9.97 Å². The van der Waals surface area contributed by atoms with E-state index >= 15 is 0 Å². The van der Waals surface area contributed by atoms with Crippen molar-refractivity contribution in [3.8, 4) is 0 Å². The maximum atomic E-state index is 13.0. The average molecular weight is 373 g/mol. The summed E-state index contributed by atoms with van der Waals surface area (Å²) < 4.78 is 2.13. The number of aromatic nitrogens is 3. The molecule has 3 aromatic heterocycles. The molecule has 0 saturated carbocycles. The van der Waals surface area contributed by atoms with E-state index in [1.807, 2.05) is 56.3 Å². The van der Waals surface area contributed by atoms with E-state index in [-0.39, 0.29) is 11.1 Å². The molecule has 132 valence electrons. The molecule has 0 saturated heterocycles. The molecule has 3 heterocycles. The van der Waals surface area contributed by atoms with Gasteiger partial charge in [0, 0.05) is 11.1 Å². The maximum absolute atomic E-state index is 13.0. The van der Waals surface area contributed by atoms with Crippen LogP contribution in [0.4, 0.5) is 0 Å². The molecule has 0 aliphatic rings. The largest absolute Gasteiger partial charge is 0.321 e. The number of thiazole rings is 1. The van der Waals surface area contributed by atoms with Crippen LogP contribution in [-0.4, -0.2) is 14.4 Å². The first-order valence-corrected chi connectivity index (χ1v) is 9.39. The number of para-hydroxylation sites is 1. The number of imidazole rings is 1. The number of nitrogens with zero attached hydrogens (tertiary/aromatic N) is 2. The Labute approximate surface area is 157 Å². The fourth-order valence-corrected chi connectivity index (χ4v) is 4.35. The van der Waals surface area contributed by atoms with Crippen LogP contribution in [0.15, 0.2) is 52.1 Å². The standard InChI is InChI=1S/C21H15N3O2S/c1-11-7-8-16-18(12(11)2)23-21-24(16)20(26)17(27-21)10-14-9-13-5-3-4-6-15(13)22-19(14)25/h3-10H,1-2H3,(H,22,25). The highest BCUT2D eigenvalue weighted by Gasteiger charge is 2.14. The SMILES string of the molecule is Cc1ccc2c(nc3sc(=Cc4cc5ccccc5[nH]c4=O)c(=O)n32)c1C. The van der Waals surface area contributed by atoms with Gasteiger partial charge in [0.25, 0.3) is 11.1 Å². The Morgan fingerprint density at radius 1 is 1.11 bits per heavy atom. The zero-order valence-corrected chi connectivity index (χ0v) is 15.6. The van der Waals surface area contributed by atoms with E-state index in [1.54, 1.807) is 10.5 Å². The smallest absolute Gasteiger partial charge is 0.274 e. The van der Waals surface area contributed by atoms with Gasteiger partial charge in [-0.2, -0.15) is 0 Å². The average Bonchev–Trinajstić information content (AvgIpc) is 3.16. The lowest BCUT2D eigenvalue weighted by Gasteiger charge is -1.99. The van der Waals surface area contributed by atoms with Crippen molar-refractivity contribution in [2.45, 2.75) is 13.8 Å². The summed E-state index contributed by atoms with van der Waals surface area (Å²) in [6.45, 7) is 4.05. The molecule has 6 heteroatoms. The van der Waals surface area contributed by atoms with Crippen LogP contribution >= 0.6 is 11.3 Å². The van der Waals surface area contributed by atoms with Gasteiger partial charge in [-0.1, -0.05) is 35.6 Å². The number of hydrogen-bond donors (Lipinski definition) is 1. The molecule has 0 bridgehead atoms. The molecule has 5 nitrogen and oxygen atoms in total. The molecule has 0 amide bonds. The zero-order chi connectivity index (χ0) is 18.7. The minimum Gasteiger partial charge on any atom is -0.321 e. The molecular weight excluding hydrogens is 358 g/mol. The Morgan fingerprint density at radius 3 is 2.78 bits per heavy atom. The van der Waals surface area contributed by atoms with E-state index < -0.39 is 0 Å². The molecule has 5 rings (SSSR count). The lowest BCUT2D eigenvalue weighted by Crippen LogP contribution is -2.24. The number of rotatable bonds is 1. The molecule has 0 fully saturated rings. The van der Waals surface area contributed by atoms with Gasteiger partial charge in [-0.05, 0) is 54.6 Å². The third kappa shape index (κ3) is 2.34. The van der Waals surface area contributed by atoms with Crippen LogP contribution in [0.2, 0.25) is 0 Å². The summed E-state index contributed by atoms with van der Waals surface area (Å²) in [7, 11) is 0. The first-order valence-electron chi connectivity index (χ1n) is 8.58. The lowest BCUT2D eigenvalue weighted by molar-refractivity contribution is 1.19. The van der Waals surface area contributed by atoms with Crippen molar-refractivity contribution in [1.29, 1.82) is 0 Å². The number of aromatic amines is 1. The highest BCUT2D eigenvalue weighted by atomic mass is 32.1. The minimum absolute atomic E-state index is 0.145. The van der Waals surface area contributed by atoms with E-state index in [0.717, 1.165) is 33.1 Å². The second-order valence-corrected chi connectivity index (χ2v) is 7.67. The molecule has 1 N–H and O–H groups in total. The van der Waals surface area contributed by atoms with Crippen LogP contribution in [0.1, 0.15) is 16.7 Å². The molecule has 0 atom stereocenters. The predicted octanol–water partition coefficient (Wildman–Crippen LogP) is 2.92. The summed E-state index contributed by atoms with van der Waals surface area (Å²) in [6, 6.07) is 13.3. The number of benzene rings is 2. The van der Waals surface area contributed by atoms with Crippen LogP contribution in [0, 0.1) is 13.8 Å². The topological polar surface area (TPSA) is 67.2 Å². The molecule has 2 aromatic carbocycles. The van der Waals surface area contributed by atoms with E-state index in [4.69, 9.17) is 0 Å². The van der Waals surface area contributed by atoms with E-state index in [9.17, 15) is 9.59 Å². The van der Waals surface area contributed by atoms with Crippen LogP contribution < -0.4 is 15.7 Å². The van der Waals surface area contributed by atoms with Crippen molar-refractivity contribution in [3.05, 3.63) is 84.4 Å². The first kappa shape index (κ1) is 16.0. The fourth-order valence-electron chi connectivity index (χ4n) is 3.38. The van der Waals surface area contributed by atoms with Gasteiger partial charge in [-0.15, -0.1) is 0 Å². The van der Waals surface area contributed by atoms with Crippen LogP contribution in [0.25, 0.3) is 33.0 Å². The molecule has 0 spiro atoms. The number of hydrogen-bond acceptors (Lipinski definition) is 4. The molecular formula is C21H15N3O2S. The first-order chi connectivity index (χ1) is 13.0. The molecule has 0 aliphatic carbocycles. The van der Waals surface area contributed by atoms with Crippen molar-refractivity contribution < 1.29 is 0 Å². The Kier molecular flexibility index (Phi) is 3.32. The molecule has 27 heavy (non-hydrogen) atoms. The molecule has 5 aromatic rings. The van der Waals surface area contributed by atoms with Gasteiger partial charge >= 0.3 is 0 Å². The van der Waals surface area contributed by atoms with Gasteiger partial charge in [-0.3, -0.25) is 9.59 Å². The van der Waals surface area contributed by atoms with Gasteiger partial charge in [0.2, 0.25) is 0 Å². The molecule has 0 unspecified atom stereocenters. The number of pyridine rings is 1. The van der Waals surface area contributed by atoms with Gasteiger partial charge in [0.05, 0.1) is 15.6 Å². The second kappa shape index (κ2) is 5.62. The van der Waals surface area contributed by atoms with Gasteiger partial charge in [0.1, 0.15) is 0 Å².